The molecule has 4 aliphatic rings. The van der Waals surface area contributed by atoms with E-state index < -0.39 is 82.8 Å². The van der Waals surface area contributed by atoms with Crippen molar-refractivity contribution < 1.29 is 53.8 Å². The number of methoxy groups -OCH3 is 1. The molecule has 4 aliphatic heterocycles. The van der Waals surface area contributed by atoms with Crippen molar-refractivity contribution in [1.82, 2.24) is 4.90 Å². The molecule has 0 aliphatic carbocycles. The normalized spacial score (nSPS) is 29.5. The molecule has 1 fully saturated rings. The third-order valence-corrected chi connectivity index (χ3v) is 13.8. The second-order valence-electron chi connectivity index (χ2n) is 18.4. The molecule has 9 atom stereocenters. The van der Waals surface area contributed by atoms with E-state index in [1.54, 1.807) is 72.1 Å². The van der Waals surface area contributed by atoms with Gasteiger partial charge in [-0.2, -0.15) is 0 Å². The lowest BCUT2D eigenvalue weighted by molar-refractivity contribution is -0.160. The van der Waals surface area contributed by atoms with Crippen LogP contribution >= 0.6 is 0 Å². The van der Waals surface area contributed by atoms with Crippen LogP contribution < -0.4 is 15.4 Å². The molecular weight excluding hydrogens is 833 g/mol. The Kier molecular flexibility index (Phi) is 13.5. The molecule has 4 bridgehead atoms. The number of piperidine rings is 1. The fourth-order valence-corrected chi connectivity index (χ4v) is 9.65. The van der Waals surface area contributed by atoms with Gasteiger partial charge in [0.1, 0.15) is 29.0 Å². The van der Waals surface area contributed by atoms with E-state index in [0.29, 0.717) is 18.5 Å². The molecule has 15 heteroatoms. The number of nitrogens with one attached hydrogen (secondary N) is 2. The highest BCUT2D eigenvalue weighted by atomic mass is 16.7. The monoisotopic (exact) mass is 894 g/mol. The number of amides is 1. The number of aliphatic imine (C=N–C) groups is 1. The molecule has 1 saturated heterocycles. The molecule has 1 spiro atoms. The van der Waals surface area contributed by atoms with Crippen LogP contribution in [0.3, 0.4) is 0 Å². The minimum absolute atomic E-state index is 0.0485. The van der Waals surface area contributed by atoms with Crippen LogP contribution in [0.2, 0.25) is 0 Å². The van der Waals surface area contributed by atoms with E-state index in [0.717, 1.165) is 19.6 Å². The van der Waals surface area contributed by atoms with Crippen molar-refractivity contribution >= 4 is 51.7 Å². The number of anilines is 2. The van der Waals surface area contributed by atoms with Crippen molar-refractivity contribution in [1.29, 1.82) is 0 Å². The van der Waals surface area contributed by atoms with Gasteiger partial charge in [0, 0.05) is 87.0 Å². The maximum Gasteiger partial charge on any atom is 0.312 e. The van der Waals surface area contributed by atoms with Crippen LogP contribution in [0.15, 0.2) is 71.5 Å². The minimum Gasteiger partial charge on any atom is -0.507 e. The van der Waals surface area contributed by atoms with Crippen molar-refractivity contribution in [2.24, 2.45) is 28.7 Å². The summed E-state index contributed by atoms with van der Waals surface area (Å²) >= 11 is 0. The fraction of sp³-hybridized carbons (Fsp3) is 0.480. The fourth-order valence-electron chi connectivity index (χ4n) is 9.65. The Morgan fingerprint density at radius 1 is 0.938 bits per heavy atom. The molecule has 0 aromatic heterocycles. The first kappa shape index (κ1) is 47.2. The van der Waals surface area contributed by atoms with Crippen LogP contribution in [0, 0.1) is 30.6 Å². The van der Waals surface area contributed by atoms with Gasteiger partial charge < -0.3 is 50.0 Å². The van der Waals surface area contributed by atoms with Gasteiger partial charge in [0.25, 0.3) is 11.7 Å². The number of esters is 1. The van der Waals surface area contributed by atoms with Crippen molar-refractivity contribution in [3.05, 3.63) is 83.2 Å². The summed E-state index contributed by atoms with van der Waals surface area (Å²) in [6, 6.07) is 10.2. The quantitative estimate of drug-likeness (QED) is 0.0871. The highest BCUT2D eigenvalue weighted by molar-refractivity contribution is 6.26. The van der Waals surface area contributed by atoms with Gasteiger partial charge in [0.2, 0.25) is 0 Å². The number of benzene rings is 3. The molecule has 15 nitrogen and oxygen atoms in total. The average molecular weight is 895 g/mol. The summed E-state index contributed by atoms with van der Waals surface area (Å²) in [5, 5.41) is 53.7. The zero-order valence-electron chi connectivity index (χ0n) is 38.5. The van der Waals surface area contributed by atoms with Gasteiger partial charge in [-0.3, -0.25) is 24.3 Å². The maximum atomic E-state index is 14.9. The number of aromatic hydroxyl groups is 2. The Morgan fingerprint density at radius 2 is 1.63 bits per heavy atom. The summed E-state index contributed by atoms with van der Waals surface area (Å²) in [7, 11) is 1.47. The number of likely N-dealkylation sites (tertiary alicyclic amines) is 1. The maximum absolute atomic E-state index is 14.9. The van der Waals surface area contributed by atoms with E-state index in [9.17, 15) is 34.8 Å². The Morgan fingerprint density at radius 3 is 2.29 bits per heavy atom. The molecule has 65 heavy (non-hydrogen) atoms. The lowest BCUT2D eigenvalue weighted by atomic mass is 9.78. The number of hydrogen-bond acceptors (Lipinski definition) is 14. The van der Waals surface area contributed by atoms with E-state index in [1.165, 1.54) is 32.8 Å². The Hall–Kier alpha value is -5.74. The summed E-state index contributed by atoms with van der Waals surface area (Å²) in [5.41, 5.74) is 1.37. The van der Waals surface area contributed by atoms with Crippen molar-refractivity contribution in [2.75, 3.05) is 30.8 Å². The van der Waals surface area contributed by atoms with Crippen molar-refractivity contribution in [2.45, 2.75) is 111 Å². The molecule has 0 radical (unpaired) electrons. The largest absolute Gasteiger partial charge is 0.507 e. The molecule has 1 amide bonds. The van der Waals surface area contributed by atoms with Gasteiger partial charge >= 0.3 is 11.8 Å². The zero-order valence-corrected chi connectivity index (χ0v) is 38.5. The third kappa shape index (κ3) is 8.99. The number of Topliss-reactive ketones (excluding diaryl/α,β-unsaturated/α-hetero) is 1. The molecule has 3 aromatic carbocycles. The van der Waals surface area contributed by atoms with Crippen molar-refractivity contribution in [3.63, 3.8) is 0 Å². The number of allylic oxidation sites excluding steroid dienone is 2. The highest BCUT2D eigenvalue weighted by Gasteiger charge is 2.51. The van der Waals surface area contributed by atoms with E-state index in [1.807, 2.05) is 18.2 Å². The van der Waals surface area contributed by atoms with Gasteiger partial charge in [0.15, 0.2) is 5.75 Å². The van der Waals surface area contributed by atoms with Crippen LogP contribution in [0.5, 0.6) is 17.2 Å². The molecular formula is C50H62N4O11. The number of ketones is 1. The molecule has 0 saturated carbocycles. The van der Waals surface area contributed by atoms with E-state index in [2.05, 4.69) is 27.7 Å². The Bertz CT molecular complexity index is 2460. The predicted molar refractivity (Wildman–Crippen MR) is 248 cm³/mol. The first-order valence-corrected chi connectivity index (χ1v) is 22.3. The van der Waals surface area contributed by atoms with Gasteiger partial charge in [-0.1, -0.05) is 76.3 Å². The van der Waals surface area contributed by atoms with Gasteiger partial charge in [-0.05, 0) is 38.3 Å². The van der Waals surface area contributed by atoms with Crippen LogP contribution in [-0.4, -0.2) is 105 Å². The number of rotatable bonds is 4. The average Bonchev–Trinajstić information content (AvgIpc) is 3.55. The second kappa shape index (κ2) is 18.6. The molecule has 4 heterocycles. The molecule has 348 valence electrons. The van der Waals surface area contributed by atoms with Crippen LogP contribution in [0.1, 0.15) is 82.8 Å². The van der Waals surface area contributed by atoms with E-state index in [-0.39, 0.29) is 50.3 Å². The summed E-state index contributed by atoms with van der Waals surface area (Å²) < 4.78 is 24.1. The molecule has 7 rings (SSSR count). The van der Waals surface area contributed by atoms with Crippen molar-refractivity contribution in [3.8, 4) is 17.2 Å². The number of ether oxygens (including phenoxy) is 4. The lowest BCUT2D eigenvalue weighted by Crippen LogP contribution is -2.51. The van der Waals surface area contributed by atoms with E-state index >= 15 is 0 Å². The Balaban J connectivity index is 1.35. The first-order chi connectivity index (χ1) is 30.8. The van der Waals surface area contributed by atoms with Crippen LogP contribution in [-0.2, 0) is 30.3 Å². The SMILES string of the molecule is CO[C@H]1C=CO[C@@]2(C)Oc3c(C)c(O)c4c(O)c(c5c(c4c3C2=O)NC2(C=N5)CCN(Cc3ccccc3)CC2)NC(=O)C(C)=CC=C[C@H](C)[C@H](O)[C@@H](C)[C@@H](O)[C@@H](C)[C@H](OC(C)=O)[C@@H]1C. The van der Waals surface area contributed by atoms with Crippen LogP contribution in [0.25, 0.3) is 10.8 Å². The number of carbonyl (C=O) groups excluding carboxylic acids is 3. The number of fused-ring (bicyclic) bond motifs is 1. The van der Waals surface area contributed by atoms with Crippen LogP contribution in [0.4, 0.5) is 17.1 Å². The molecule has 6 N–H and O–H groups in total. The smallest absolute Gasteiger partial charge is 0.312 e. The lowest BCUT2D eigenvalue weighted by Gasteiger charge is -2.43. The van der Waals surface area contributed by atoms with E-state index in [4.69, 9.17) is 23.9 Å². The molecule has 3 aromatic rings. The van der Waals surface area contributed by atoms with Gasteiger partial charge in [-0.15, -0.1) is 0 Å². The topological polar surface area (TPSA) is 209 Å². The number of hydrogen-bond donors (Lipinski definition) is 6. The zero-order chi connectivity index (χ0) is 47.1. The minimum atomic E-state index is -1.97. The summed E-state index contributed by atoms with van der Waals surface area (Å²) in [5.74, 6) is -6.94. The second-order valence-corrected chi connectivity index (χ2v) is 18.4. The Labute approximate surface area is 379 Å². The third-order valence-electron chi connectivity index (χ3n) is 13.8. The van der Waals surface area contributed by atoms with Gasteiger partial charge in [-0.25, -0.2) is 0 Å². The standard InChI is InChI=1S/C50H62N4O11/c1-26-14-13-15-27(2)48(61)52-40-39-38(53-50(25-51-39)19-21-54(22-20-50)24-33-16-11-10-12-17-33)35-36(44(40)59)43(58)31(6)46-37(35)47(60)49(8,65-46)63-23-18-34(62-9)28(3)45(64-32(7)55)30(5)42(57)29(4)41(26)56/h10-18,23,25-26,28-30,34,41-42,45,53,56-59H,19-22,24H2,1-9H3,(H,52,61)/t26-,28+,29+,30+,34-,41-,42+,45+,49-/m0/s1. The number of aliphatic hydroxyl groups is 2. The predicted octanol–water partition coefficient (Wildman–Crippen LogP) is 7.21. The summed E-state index contributed by atoms with van der Waals surface area (Å²) in [4.78, 5) is 48.6. The number of phenolic OH excluding ortho intramolecular Hbond substituents is 2. The number of carbonyl (C=O) groups is 3. The number of aliphatic hydroxyl groups excluding tert-OH is 2. The summed E-state index contributed by atoms with van der Waals surface area (Å²) in [6.45, 7) is 15.1. The van der Waals surface area contributed by atoms with Gasteiger partial charge in [0.05, 0.1) is 46.7 Å². The first-order valence-electron chi connectivity index (χ1n) is 22.3. The molecule has 0 unspecified atom stereocenters. The summed E-state index contributed by atoms with van der Waals surface area (Å²) in [6.07, 6.45) is 7.01. The highest BCUT2D eigenvalue weighted by Crippen LogP contribution is 2.58. The number of phenols is 2. The number of nitrogens with zero attached hydrogens (tertiary/aromatic N) is 2.